The van der Waals surface area contributed by atoms with Crippen LogP contribution in [0.3, 0.4) is 0 Å². The zero-order chi connectivity index (χ0) is 21.8. The summed E-state index contributed by atoms with van der Waals surface area (Å²) < 4.78 is 0. The number of nitrogens with zero attached hydrogens (tertiary/aromatic N) is 1. The van der Waals surface area contributed by atoms with Crippen molar-refractivity contribution in [2.45, 2.75) is 11.7 Å². The Labute approximate surface area is 185 Å². The summed E-state index contributed by atoms with van der Waals surface area (Å²) in [5, 5.41) is 1.68. The van der Waals surface area contributed by atoms with Gasteiger partial charge in [-0.15, -0.1) is 0 Å². The number of likely N-dealkylation sites (N-methyl/N-ethyl adjacent to an activating group) is 1. The second kappa shape index (κ2) is 9.18. The van der Waals surface area contributed by atoms with Gasteiger partial charge >= 0.3 is 0 Å². The molecule has 1 unspecified atom stereocenters. The van der Waals surface area contributed by atoms with Gasteiger partial charge in [0, 0.05) is 18.3 Å². The van der Waals surface area contributed by atoms with Gasteiger partial charge < -0.3 is 4.90 Å². The number of nitrogens with one attached hydrogen (secondary N) is 1. The molecule has 1 fully saturated rings. The Morgan fingerprint density at radius 1 is 0.935 bits per heavy atom. The van der Waals surface area contributed by atoms with E-state index in [1.165, 1.54) is 0 Å². The Balaban J connectivity index is 1.44. The molecule has 31 heavy (non-hydrogen) atoms. The van der Waals surface area contributed by atoms with Crippen LogP contribution in [0, 0.1) is 0 Å². The number of carbonyl (C=O) groups excluding carboxylic acids is 3. The maximum atomic E-state index is 12.5. The molecule has 3 aromatic carbocycles. The minimum absolute atomic E-state index is 0.0742. The van der Waals surface area contributed by atoms with E-state index < -0.39 is 0 Å². The van der Waals surface area contributed by atoms with Crippen LogP contribution in [0.2, 0.25) is 0 Å². The summed E-state index contributed by atoms with van der Waals surface area (Å²) in [6.07, 6.45) is 0.521. The summed E-state index contributed by atoms with van der Waals surface area (Å²) in [5.41, 5.74) is 4.77. The molecule has 0 radical (unpaired) electrons. The predicted molar refractivity (Wildman–Crippen MR) is 125 cm³/mol. The minimum atomic E-state index is -0.363. The lowest BCUT2D eigenvalue weighted by Crippen LogP contribution is -2.25. The minimum Gasteiger partial charge on any atom is -0.367 e. The van der Waals surface area contributed by atoms with E-state index in [9.17, 15) is 14.4 Å². The maximum Gasteiger partial charge on any atom is 0.286 e. The Kier molecular flexibility index (Phi) is 6.18. The topological polar surface area (TPSA) is 66.5 Å². The van der Waals surface area contributed by atoms with Crippen LogP contribution in [-0.4, -0.2) is 35.8 Å². The number of hydrogen-bond donors (Lipinski definition) is 1. The SMILES string of the molecule is CN(CC(=O)c1ccccc1)c1cccc(-c2ccc(CC3SC(=O)NC3=O)cc2)c1. The van der Waals surface area contributed by atoms with Gasteiger partial charge in [-0.2, -0.15) is 0 Å². The molecule has 1 atom stereocenters. The number of rotatable bonds is 7. The average Bonchev–Trinajstić information content (AvgIpc) is 3.11. The van der Waals surface area contributed by atoms with E-state index in [1.54, 1.807) is 0 Å². The zero-order valence-electron chi connectivity index (χ0n) is 17.1. The standard InChI is InChI=1S/C25H22N2O3S/c1-27(16-22(28)19-6-3-2-4-7-19)21-9-5-8-20(15-21)18-12-10-17(11-13-18)14-23-24(29)26-25(30)31-23/h2-13,15,23H,14,16H2,1H3,(H,26,29,30). The number of ketones is 1. The molecular formula is C25H22N2O3S. The van der Waals surface area contributed by atoms with Gasteiger partial charge in [0.25, 0.3) is 5.24 Å². The van der Waals surface area contributed by atoms with E-state index in [0.717, 1.165) is 34.1 Å². The van der Waals surface area contributed by atoms with E-state index >= 15 is 0 Å². The summed E-state index contributed by atoms with van der Waals surface area (Å²) in [5.74, 6) is -0.148. The van der Waals surface area contributed by atoms with Gasteiger partial charge in [0.2, 0.25) is 5.91 Å². The molecule has 0 saturated carbocycles. The van der Waals surface area contributed by atoms with Gasteiger partial charge in [0.1, 0.15) is 0 Å². The molecule has 156 valence electrons. The zero-order valence-corrected chi connectivity index (χ0v) is 17.9. The fourth-order valence-corrected chi connectivity index (χ4v) is 4.38. The van der Waals surface area contributed by atoms with Gasteiger partial charge in [-0.3, -0.25) is 19.7 Å². The third-order valence-electron chi connectivity index (χ3n) is 5.24. The van der Waals surface area contributed by atoms with Crippen LogP contribution in [0.4, 0.5) is 10.5 Å². The third kappa shape index (κ3) is 5.03. The van der Waals surface area contributed by atoms with E-state index in [2.05, 4.69) is 11.4 Å². The second-order valence-corrected chi connectivity index (χ2v) is 8.66. The summed E-state index contributed by atoms with van der Waals surface area (Å²) in [6, 6.07) is 25.4. The van der Waals surface area contributed by atoms with Crippen LogP contribution in [0.5, 0.6) is 0 Å². The summed E-state index contributed by atoms with van der Waals surface area (Å²) in [6.45, 7) is 0.298. The lowest BCUT2D eigenvalue weighted by atomic mass is 10.0. The Morgan fingerprint density at radius 3 is 2.35 bits per heavy atom. The van der Waals surface area contributed by atoms with Crippen molar-refractivity contribution < 1.29 is 14.4 Å². The highest BCUT2D eigenvalue weighted by atomic mass is 32.2. The molecule has 1 aliphatic rings. The van der Waals surface area contributed by atoms with Crippen molar-refractivity contribution in [2.75, 3.05) is 18.5 Å². The van der Waals surface area contributed by atoms with E-state index in [-0.39, 0.29) is 22.2 Å². The lowest BCUT2D eigenvalue weighted by molar-refractivity contribution is -0.118. The molecule has 1 aliphatic heterocycles. The molecule has 0 bridgehead atoms. The van der Waals surface area contributed by atoms with Crippen LogP contribution in [0.15, 0.2) is 78.9 Å². The second-order valence-electron chi connectivity index (χ2n) is 7.48. The first kappa shape index (κ1) is 20.9. The fraction of sp³-hybridized carbons (Fsp3) is 0.160. The Hall–Kier alpha value is -3.38. The molecule has 0 spiro atoms. The molecule has 0 aromatic heterocycles. The predicted octanol–water partition coefficient (Wildman–Crippen LogP) is 4.57. The highest BCUT2D eigenvalue weighted by Crippen LogP contribution is 2.27. The normalized spacial score (nSPS) is 15.6. The van der Waals surface area contributed by atoms with Crippen LogP contribution in [-0.2, 0) is 11.2 Å². The van der Waals surface area contributed by atoms with Crippen molar-refractivity contribution in [2.24, 2.45) is 0 Å². The summed E-state index contributed by atoms with van der Waals surface area (Å²) >= 11 is 1.04. The quantitative estimate of drug-likeness (QED) is 0.557. The molecule has 6 heteroatoms. The fourth-order valence-electron chi connectivity index (χ4n) is 3.52. The van der Waals surface area contributed by atoms with Crippen molar-refractivity contribution in [3.05, 3.63) is 90.0 Å². The van der Waals surface area contributed by atoms with Crippen molar-refractivity contribution in [3.8, 4) is 11.1 Å². The Morgan fingerprint density at radius 2 is 1.68 bits per heavy atom. The highest BCUT2D eigenvalue weighted by molar-refractivity contribution is 8.15. The summed E-state index contributed by atoms with van der Waals surface area (Å²) in [4.78, 5) is 37.6. The van der Waals surface area contributed by atoms with Gasteiger partial charge in [-0.25, -0.2) is 0 Å². The van der Waals surface area contributed by atoms with E-state index in [1.807, 2.05) is 84.7 Å². The molecular weight excluding hydrogens is 408 g/mol. The first-order chi connectivity index (χ1) is 15.0. The molecule has 1 heterocycles. The molecule has 2 amide bonds. The van der Waals surface area contributed by atoms with Crippen LogP contribution in [0.1, 0.15) is 15.9 Å². The molecule has 3 aromatic rings. The van der Waals surface area contributed by atoms with E-state index in [4.69, 9.17) is 0 Å². The van der Waals surface area contributed by atoms with Gasteiger partial charge in [0.05, 0.1) is 11.8 Å². The molecule has 5 nitrogen and oxygen atoms in total. The van der Waals surface area contributed by atoms with Crippen LogP contribution in [0.25, 0.3) is 11.1 Å². The van der Waals surface area contributed by atoms with Gasteiger partial charge in [0.15, 0.2) is 5.78 Å². The van der Waals surface area contributed by atoms with Crippen molar-refractivity contribution in [3.63, 3.8) is 0 Å². The number of thioether (sulfide) groups is 1. The van der Waals surface area contributed by atoms with Crippen molar-refractivity contribution in [1.29, 1.82) is 0 Å². The number of benzene rings is 3. The van der Waals surface area contributed by atoms with Gasteiger partial charge in [-0.05, 0) is 35.2 Å². The number of hydrogen-bond acceptors (Lipinski definition) is 5. The van der Waals surface area contributed by atoms with Crippen LogP contribution >= 0.6 is 11.8 Å². The third-order valence-corrected chi connectivity index (χ3v) is 6.22. The van der Waals surface area contributed by atoms with Crippen molar-refractivity contribution >= 4 is 34.4 Å². The maximum absolute atomic E-state index is 12.5. The molecule has 1 N–H and O–H groups in total. The van der Waals surface area contributed by atoms with Gasteiger partial charge in [-0.1, -0.05) is 78.5 Å². The molecule has 4 rings (SSSR count). The molecule has 0 aliphatic carbocycles. The monoisotopic (exact) mass is 430 g/mol. The number of amides is 2. The Bertz CT molecular complexity index is 1110. The van der Waals surface area contributed by atoms with E-state index in [0.29, 0.717) is 18.5 Å². The highest BCUT2D eigenvalue weighted by Gasteiger charge is 2.31. The number of Topliss-reactive ketones (excluding diaryl/α,β-unsaturated/α-hetero) is 1. The number of anilines is 1. The summed E-state index contributed by atoms with van der Waals surface area (Å²) in [7, 11) is 1.91. The smallest absolute Gasteiger partial charge is 0.286 e. The molecule has 1 saturated heterocycles. The number of imide groups is 1. The largest absolute Gasteiger partial charge is 0.367 e. The average molecular weight is 431 g/mol. The first-order valence-corrected chi connectivity index (χ1v) is 10.9. The lowest BCUT2D eigenvalue weighted by Gasteiger charge is -2.19. The number of carbonyl (C=O) groups is 3. The van der Waals surface area contributed by atoms with Crippen molar-refractivity contribution in [1.82, 2.24) is 5.32 Å². The van der Waals surface area contributed by atoms with Crippen LogP contribution < -0.4 is 10.2 Å². The first-order valence-electron chi connectivity index (χ1n) is 10.00.